The van der Waals surface area contributed by atoms with Crippen LogP contribution < -0.4 is 5.32 Å². The van der Waals surface area contributed by atoms with Crippen LogP contribution in [0.5, 0.6) is 0 Å². The second-order valence-corrected chi connectivity index (χ2v) is 5.61. The van der Waals surface area contributed by atoms with Gasteiger partial charge in [0, 0.05) is 17.6 Å². The van der Waals surface area contributed by atoms with Gasteiger partial charge in [-0.05, 0) is 44.0 Å². The average Bonchev–Trinajstić information content (AvgIpc) is 2.50. The van der Waals surface area contributed by atoms with E-state index in [-0.39, 0.29) is 6.04 Å². The molecule has 106 valence electrons. The van der Waals surface area contributed by atoms with Crippen LogP contribution in [0.25, 0.3) is 10.9 Å². The van der Waals surface area contributed by atoms with E-state index in [1.165, 1.54) is 16.7 Å². The normalized spacial score (nSPS) is 12.3. The minimum Gasteiger partial charge on any atom is -0.377 e. The van der Waals surface area contributed by atoms with Gasteiger partial charge in [-0.1, -0.05) is 42.0 Å². The Bertz CT molecular complexity index is 772. The first kappa shape index (κ1) is 13.6. The number of aryl methyl sites for hydroxylation is 2. The Kier molecular flexibility index (Phi) is 3.61. The van der Waals surface area contributed by atoms with E-state index in [2.05, 4.69) is 73.5 Å². The van der Waals surface area contributed by atoms with Crippen LogP contribution in [0.2, 0.25) is 0 Å². The zero-order valence-corrected chi connectivity index (χ0v) is 12.7. The Balaban J connectivity index is 1.96. The molecule has 1 atom stereocenters. The maximum Gasteiger partial charge on any atom is 0.0933 e. The molecular weight excluding hydrogens is 256 g/mol. The van der Waals surface area contributed by atoms with Gasteiger partial charge in [-0.25, -0.2) is 0 Å². The lowest BCUT2D eigenvalue weighted by atomic mass is 9.99. The van der Waals surface area contributed by atoms with Crippen LogP contribution >= 0.6 is 0 Å². The van der Waals surface area contributed by atoms with E-state index in [9.17, 15) is 0 Å². The maximum absolute atomic E-state index is 4.51. The van der Waals surface area contributed by atoms with Crippen LogP contribution in [-0.4, -0.2) is 4.98 Å². The first-order chi connectivity index (χ1) is 10.1. The lowest BCUT2D eigenvalue weighted by molar-refractivity contribution is 0.873. The van der Waals surface area contributed by atoms with E-state index in [1.807, 2.05) is 12.3 Å². The topological polar surface area (TPSA) is 24.9 Å². The molecule has 0 bridgehead atoms. The number of benzene rings is 2. The van der Waals surface area contributed by atoms with Gasteiger partial charge < -0.3 is 5.32 Å². The van der Waals surface area contributed by atoms with Gasteiger partial charge in [-0.15, -0.1) is 0 Å². The summed E-state index contributed by atoms with van der Waals surface area (Å²) in [6, 6.07) is 17.2. The molecule has 3 aromatic rings. The molecule has 0 fully saturated rings. The number of nitrogens with one attached hydrogen (secondary N) is 1. The van der Waals surface area contributed by atoms with Crippen LogP contribution in [0, 0.1) is 13.8 Å². The Morgan fingerprint density at radius 3 is 2.67 bits per heavy atom. The van der Waals surface area contributed by atoms with Crippen molar-refractivity contribution in [3.05, 3.63) is 71.4 Å². The Labute approximate surface area is 125 Å². The maximum atomic E-state index is 4.51. The number of aromatic nitrogens is 1. The minimum absolute atomic E-state index is 0.248. The number of hydrogen-bond acceptors (Lipinski definition) is 2. The summed E-state index contributed by atoms with van der Waals surface area (Å²) < 4.78 is 0. The van der Waals surface area contributed by atoms with Gasteiger partial charge in [-0.3, -0.25) is 4.98 Å². The molecule has 0 amide bonds. The van der Waals surface area contributed by atoms with E-state index >= 15 is 0 Å². The van der Waals surface area contributed by atoms with Gasteiger partial charge in [0.1, 0.15) is 0 Å². The largest absolute Gasteiger partial charge is 0.377 e. The summed E-state index contributed by atoms with van der Waals surface area (Å²) in [6.45, 7) is 6.49. The summed E-state index contributed by atoms with van der Waals surface area (Å²) in [5.74, 6) is 0. The molecule has 0 saturated heterocycles. The predicted octanol–water partition coefficient (Wildman–Crippen LogP) is 5.02. The van der Waals surface area contributed by atoms with Crippen LogP contribution in [-0.2, 0) is 0 Å². The third-order valence-corrected chi connectivity index (χ3v) is 3.91. The molecule has 0 spiro atoms. The van der Waals surface area contributed by atoms with Crippen molar-refractivity contribution in [1.82, 2.24) is 4.98 Å². The van der Waals surface area contributed by atoms with Gasteiger partial charge in [0.25, 0.3) is 0 Å². The number of fused-ring (bicyclic) bond motifs is 1. The summed E-state index contributed by atoms with van der Waals surface area (Å²) in [6.07, 6.45) is 1.84. The van der Waals surface area contributed by atoms with E-state index in [4.69, 9.17) is 0 Å². The molecule has 0 aliphatic heterocycles. The zero-order chi connectivity index (χ0) is 14.8. The minimum atomic E-state index is 0.248. The van der Waals surface area contributed by atoms with Crippen LogP contribution in [0.4, 0.5) is 5.69 Å². The lowest BCUT2D eigenvalue weighted by Gasteiger charge is -2.19. The van der Waals surface area contributed by atoms with Crippen LogP contribution in [0.1, 0.15) is 29.7 Å². The first-order valence-electron chi connectivity index (χ1n) is 7.32. The van der Waals surface area contributed by atoms with Crippen molar-refractivity contribution in [1.29, 1.82) is 0 Å². The molecule has 0 aliphatic rings. The van der Waals surface area contributed by atoms with Crippen molar-refractivity contribution >= 4 is 16.6 Å². The van der Waals surface area contributed by atoms with Crippen molar-refractivity contribution in [2.75, 3.05) is 5.32 Å². The average molecular weight is 276 g/mol. The van der Waals surface area contributed by atoms with E-state index in [1.54, 1.807) is 0 Å². The number of pyridine rings is 1. The quantitative estimate of drug-likeness (QED) is 0.726. The molecule has 2 nitrogen and oxygen atoms in total. The summed E-state index contributed by atoms with van der Waals surface area (Å²) in [7, 11) is 0. The molecule has 21 heavy (non-hydrogen) atoms. The monoisotopic (exact) mass is 276 g/mol. The van der Waals surface area contributed by atoms with Crippen molar-refractivity contribution in [3.63, 3.8) is 0 Å². The van der Waals surface area contributed by atoms with Gasteiger partial charge in [0.15, 0.2) is 0 Å². The number of anilines is 1. The predicted molar refractivity (Wildman–Crippen MR) is 89.7 cm³/mol. The van der Waals surface area contributed by atoms with Crippen LogP contribution in [0.15, 0.2) is 54.7 Å². The highest BCUT2D eigenvalue weighted by Gasteiger charge is 2.10. The van der Waals surface area contributed by atoms with Gasteiger partial charge in [0.05, 0.1) is 11.2 Å². The molecule has 1 unspecified atom stereocenters. The smallest absolute Gasteiger partial charge is 0.0933 e. The highest BCUT2D eigenvalue weighted by Crippen LogP contribution is 2.27. The fourth-order valence-corrected chi connectivity index (χ4v) is 2.76. The van der Waals surface area contributed by atoms with Crippen molar-refractivity contribution in [2.24, 2.45) is 0 Å². The number of rotatable bonds is 3. The highest BCUT2D eigenvalue weighted by atomic mass is 14.9. The summed E-state index contributed by atoms with van der Waals surface area (Å²) in [5, 5.41) is 4.77. The molecule has 2 heteroatoms. The third-order valence-electron chi connectivity index (χ3n) is 3.91. The molecule has 1 N–H and O–H groups in total. The van der Waals surface area contributed by atoms with Crippen molar-refractivity contribution in [3.8, 4) is 0 Å². The zero-order valence-electron chi connectivity index (χ0n) is 12.7. The van der Waals surface area contributed by atoms with Gasteiger partial charge in [-0.2, -0.15) is 0 Å². The van der Waals surface area contributed by atoms with E-state index < -0.39 is 0 Å². The molecule has 3 rings (SSSR count). The molecule has 0 saturated carbocycles. The Hall–Kier alpha value is -2.35. The number of nitrogens with zero attached hydrogens (tertiary/aromatic N) is 1. The Morgan fingerprint density at radius 1 is 1.00 bits per heavy atom. The Morgan fingerprint density at radius 2 is 1.81 bits per heavy atom. The highest BCUT2D eigenvalue weighted by molar-refractivity contribution is 5.90. The fraction of sp³-hybridized carbons (Fsp3) is 0.211. The number of hydrogen-bond donors (Lipinski definition) is 1. The third kappa shape index (κ3) is 2.75. The van der Waals surface area contributed by atoms with Crippen molar-refractivity contribution < 1.29 is 0 Å². The molecule has 0 radical (unpaired) electrons. The summed E-state index contributed by atoms with van der Waals surface area (Å²) in [5.41, 5.74) is 6.05. The summed E-state index contributed by atoms with van der Waals surface area (Å²) >= 11 is 0. The first-order valence-corrected chi connectivity index (χ1v) is 7.32. The second-order valence-electron chi connectivity index (χ2n) is 5.61. The molecule has 1 aromatic heterocycles. The number of para-hydroxylation sites is 1. The summed E-state index contributed by atoms with van der Waals surface area (Å²) in [4.78, 5) is 4.51. The second kappa shape index (κ2) is 5.57. The molecule has 1 heterocycles. The van der Waals surface area contributed by atoms with Crippen molar-refractivity contribution in [2.45, 2.75) is 26.8 Å². The van der Waals surface area contributed by atoms with Crippen LogP contribution in [0.3, 0.4) is 0 Å². The lowest BCUT2D eigenvalue weighted by Crippen LogP contribution is -2.09. The molecular formula is C19H20N2. The SMILES string of the molecule is Cc1ccc(C)c(C(C)Nc2cccc3cccnc23)c1. The standard InChI is InChI=1S/C19H20N2/c1-13-9-10-14(2)17(12-13)15(3)21-18-8-4-6-16-7-5-11-20-19(16)18/h4-12,15,21H,1-3H3. The van der Waals surface area contributed by atoms with E-state index in [0.717, 1.165) is 16.6 Å². The van der Waals surface area contributed by atoms with Gasteiger partial charge >= 0.3 is 0 Å². The van der Waals surface area contributed by atoms with Gasteiger partial charge in [0.2, 0.25) is 0 Å². The molecule has 0 aliphatic carbocycles. The van der Waals surface area contributed by atoms with E-state index in [0.29, 0.717) is 0 Å². The molecule has 2 aromatic carbocycles. The fourth-order valence-electron chi connectivity index (χ4n) is 2.76.